The highest BCUT2D eigenvalue weighted by molar-refractivity contribution is 5.86. The van der Waals surface area contributed by atoms with Crippen molar-refractivity contribution in [2.45, 2.75) is 44.9 Å². The van der Waals surface area contributed by atoms with E-state index in [0.717, 1.165) is 32.1 Å². The van der Waals surface area contributed by atoms with Crippen LogP contribution in [0.4, 0.5) is 0 Å². The highest BCUT2D eigenvalue weighted by atomic mass is 16.4. The lowest BCUT2D eigenvalue weighted by atomic mass is 9.80. The minimum atomic E-state index is -0.605. The van der Waals surface area contributed by atoms with Gasteiger partial charge in [-0.1, -0.05) is 55.8 Å². The topological polar surface area (TPSA) is 37.3 Å². The quantitative estimate of drug-likeness (QED) is 0.858. The molecule has 1 saturated carbocycles. The van der Waals surface area contributed by atoms with Crippen LogP contribution in [0, 0.1) is 5.41 Å². The van der Waals surface area contributed by atoms with Gasteiger partial charge in [-0.2, -0.15) is 0 Å². The number of carboxylic acid groups (broad SMARTS) is 1. The monoisotopic (exact) mass is 282 g/mol. The van der Waals surface area contributed by atoms with Crippen LogP contribution in [0.2, 0.25) is 0 Å². The number of carboxylic acids is 1. The molecule has 21 heavy (non-hydrogen) atoms. The van der Waals surface area contributed by atoms with E-state index in [-0.39, 0.29) is 0 Å². The number of aliphatic carboxylic acids is 1. The molecule has 1 fully saturated rings. The third-order valence-electron chi connectivity index (χ3n) is 5.05. The summed E-state index contributed by atoms with van der Waals surface area (Å²) in [5, 5.41) is 12.2. The van der Waals surface area contributed by atoms with Crippen LogP contribution < -0.4 is 0 Å². The molecule has 0 aromatic heterocycles. The van der Waals surface area contributed by atoms with Crippen LogP contribution in [0.15, 0.2) is 42.5 Å². The molecular formula is C19H22O2. The highest BCUT2D eigenvalue weighted by Gasteiger charge is 2.45. The Kier molecular flexibility index (Phi) is 3.71. The number of rotatable bonds is 4. The maximum Gasteiger partial charge on any atom is 0.309 e. The number of fused-ring (bicyclic) bond motifs is 1. The normalized spacial score (nSPS) is 25.3. The number of hydrogen-bond acceptors (Lipinski definition) is 1. The molecule has 0 saturated heterocycles. The van der Waals surface area contributed by atoms with Crippen LogP contribution in [-0.4, -0.2) is 11.1 Å². The summed E-state index contributed by atoms with van der Waals surface area (Å²) < 4.78 is 0. The van der Waals surface area contributed by atoms with Gasteiger partial charge < -0.3 is 5.11 Å². The molecule has 1 N–H and O–H groups in total. The number of hydrogen-bond donors (Lipinski definition) is 1. The lowest BCUT2D eigenvalue weighted by Gasteiger charge is -2.24. The fraction of sp³-hybridized carbons (Fsp3) is 0.421. The zero-order chi connectivity index (χ0) is 14.9. The average molecular weight is 282 g/mol. The first-order chi connectivity index (χ1) is 10.2. The Hall–Kier alpha value is -1.83. The third kappa shape index (κ3) is 2.44. The molecule has 1 aliphatic carbocycles. The van der Waals surface area contributed by atoms with Gasteiger partial charge >= 0.3 is 5.97 Å². The predicted octanol–water partition coefficient (Wildman–Crippen LogP) is 4.98. The zero-order valence-electron chi connectivity index (χ0n) is 12.5. The molecule has 0 heterocycles. The summed E-state index contributed by atoms with van der Waals surface area (Å²) in [6, 6.07) is 14.8. The van der Waals surface area contributed by atoms with Gasteiger partial charge in [0.05, 0.1) is 5.41 Å². The van der Waals surface area contributed by atoms with E-state index in [2.05, 4.69) is 49.4 Å². The molecule has 0 spiro atoms. The Morgan fingerprint density at radius 2 is 2.00 bits per heavy atom. The second-order valence-corrected chi connectivity index (χ2v) is 6.34. The largest absolute Gasteiger partial charge is 0.481 e. The van der Waals surface area contributed by atoms with Gasteiger partial charge in [0, 0.05) is 0 Å². The first-order valence-electron chi connectivity index (χ1n) is 7.87. The Morgan fingerprint density at radius 3 is 2.76 bits per heavy atom. The van der Waals surface area contributed by atoms with Gasteiger partial charge in [-0.05, 0) is 47.9 Å². The van der Waals surface area contributed by atoms with Crippen molar-refractivity contribution in [1.82, 2.24) is 0 Å². The van der Waals surface area contributed by atoms with Crippen LogP contribution in [-0.2, 0) is 4.79 Å². The number of carbonyl (C=O) groups is 1. The Morgan fingerprint density at radius 1 is 1.24 bits per heavy atom. The molecule has 2 heteroatoms. The summed E-state index contributed by atoms with van der Waals surface area (Å²) in [6.45, 7) is 2.08. The summed E-state index contributed by atoms with van der Waals surface area (Å²) >= 11 is 0. The Bertz CT molecular complexity index is 656. The third-order valence-corrected chi connectivity index (χ3v) is 5.05. The molecule has 0 amide bonds. The second kappa shape index (κ2) is 5.51. The van der Waals surface area contributed by atoms with Crippen LogP contribution in [0.25, 0.3) is 10.8 Å². The van der Waals surface area contributed by atoms with E-state index in [9.17, 15) is 9.90 Å². The van der Waals surface area contributed by atoms with Crippen LogP contribution in [0.1, 0.15) is 50.5 Å². The summed E-state index contributed by atoms with van der Waals surface area (Å²) in [6.07, 6.45) is 4.31. The molecule has 0 bridgehead atoms. The summed E-state index contributed by atoms with van der Waals surface area (Å²) in [5.41, 5.74) is 0.823. The van der Waals surface area contributed by atoms with Crippen LogP contribution in [0.5, 0.6) is 0 Å². The minimum absolute atomic E-state index is 0.374. The van der Waals surface area contributed by atoms with Gasteiger partial charge in [-0.15, -0.1) is 0 Å². The van der Waals surface area contributed by atoms with E-state index < -0.39 is 11.4 Å². The summed E-state index contributed by atoms with van der Waals surface area (Å²) in [5.74, 6) is -0.231. The first kappa shape index (κ1) is 14.1. The van der Waals surface area contributed by atoms with Crippen molar-refractivity contribution in [2.75, 3.05) is 0 Å². The lowest BCUT2D eigenvalue weighted by Crippen LogP contribution is -2.27. The fourth-order valence-corrected chi connectivity index (χ4v) is 4.01. The molecule has 110 valence electrons. The Labute approximate surface area is 125 Å². The standard InChI is InChI=1S/C19H22O2/c1-2-11-19(18(20)21)12-10-15(13-19)17-9-5-7-14-6-3-4-8-16(14)17/h3-9,15H,2,10-13H2,1H3,(H,20,21). The van der Waals surface area contributed by atoms with Gasteiger partial charge in [0.15, 0.2) is 0 Å². The summed E-state index contributed by atoms with van der Waals surface area (Å²) in [7, 11) is 0. The Balaban J connectivity index is 1.96. The number of benzene rings is 2. The molecule has 0 radical (unpaired) electrons. The lowest BCUT2D eigenvalue weighted by molar-refractivity contribution is -0.149. The van der Waals surface area contributed by atoms with Gasteiger partial charge in [0.1, 0.15) is 0 Å². The van der Waals surface area contributed by atoms with E-state index in [4.69, 9.17) is 0 Å². The fourth-order valence-electron chi connectivity index (χ4n) is 4.01. The van der Waals surface area contributed by atoms with Gasteiger partial charge in [-0.25, -0.2) is 0 Å². The van der Waals surface area contributed by atoms with Crippen molar-refractivity contribution >= 4 is 16.7 Å². The molecule has 3 rings (SSSR count). The highest BCUT2D eigenvalue weighted by Crippen LogP contribution is 2.50. The van der Waals surface area contributed by atoms with E-state index in [0.29, 0.717) is 5.92 Å². The van der Waals surface area contributed by atoms with E-state index >= 15 is 0 Å². The molecule has 0 aliphatic heterocycles. The first-order valence-corrected chi connectivity index (χ1v) is 7.87. The van der Waals surface area contributed by atoms with E-state index in [1.807, 2.05) is 0 Å². The van der Waals surface area contributed by atoms with Crippen molar-refractivity contribution in [3.8, 4) is 0 Å². The maximum atomic E-state index is 11.8. The van der Waals surface area contributed by atoms with Crippen LogP contribution in [0.3, 0.4) is 0 Å². The van der Waals surface area contributed by atoms with E-state index in [1.165, 1.54) is 16.3 Å². The van der Waals surface area contributed by atoms with Crippen molar-refractivity contribution < 1.29 is 9.90 Å². The van der Waals surface area contributed by atoms with Crippen molar-refractivity contribution in [2.24, 2.45) is 5.41 Å². The van der Waals surface area contributed by atoms with Gasteiger partial charge in [-0.3, -0.25) is 4.79 Å². The molecule has 2 aromatic rings. The van der Waals surface area contributed by atoms with Gasteiger partial charge in [0.25, 0.3) is 0 Å². The maximum absolute atomic E-state index is 11.8. The summed E-state index contributed by atoms with van der Waals surface area (Å²) in [4.78, 5) is 11.8. The second-order valence-electron chi connectivity index (χ2n) is 6.34. The minimum Gasteiger partial charge on any atom is -0.481 e. The zero-order valence-corrected chi connectivity index (χ0v) is 12.5. The van der Waals surface area contributed by atoms with Crippen molar-refractivity contribution in [3.05, 3.63) is 48.0 Å². The average Bonchev–Trinajstić information content (AvgIpc) is 2.92. The van der Waals surface area contributed by atoms with Gasteiger partial charge in [0.2, 0.25) is 0 Å². The smallest absolute Gasteiger partial charge is 0.309 e. The van der Waals surface area contributed by atoms with Crippen molar-refractivity contribution in [1.29, 1.82) is 0 Å². The predicted molar refractivity (Wildman–Crippen MR) is 85.5 cm³/mol. The van der Waals surface area contributed by atoms with E-state index in [1.54, 1.807) is 0 Å². The molecule has 2 aromatic carbocycles. The van der Waals surface area contributed by atoms with Crippen molar-refractivity contribution in [3.63, 3.8) is 0 Å². The molecule has 2 nitrogen and oxygen atoms in total. The molecule has 1 aliphatic rings. The molecule has 2 unspecified atom stereocenters. The van der Waals surface area contributed by atoms with Crippen LogP contribution >= 0.6 is 0 Å². The SMILES string of the molecule is CCCC1(C(=O)O)CCC(c2cccc3ccccc23)C1. The molecular weight excluding hydrogens is 260 g/mol. The molecule has 2 atom stereocenters.